The van der Waals surface area contributed by atoms with Gasteiger partial charge in [-0.25, -0.2) is 0 Å². The van der Waals surface area contributed by atoms with Crippen LogP contribution in [-0.2, 0) is 14.3 Å². The van der Waals surface area contributed by atoms with Gasteiger partial charge >= 0.3 is 5.97 Å². The predicted octanol–water partition coefficient (Wildman–Crippen LogP) is 14.2. The van der Waals surface area contributed by atoms with Gasteiger partial charge in [-0.1, -0.05) is 213 Å². The minimum absolute atomic E-state index is 0.0782. The molecule has 0 rings (SSSR count). The largest absolute Gasteiger partial charge is 0.462 e. The van der Waals surface area contributed by atoms with Crippen LogP contribution in [0.4, 0.5) is 0 Å². The van der Waals surface area contributed by atoms with Crippen LogP contribution in [0.1, 0.15) is 265 Å². The number of esters is 1. The van der Waals surface area contributed by atoms with Crippen LogP contribution >= 0.6 is 0 Å². The van der Waals surface area contributed by atoms with E-state index in [1.165, 1.54) is 161 Å². The quantitative estimate of drug-likeness (QED) is 0.0325. The maximum absolute atomic E-state index is 13.1. The molecule has 1 amide bonds. The van der Waals surface area contributed by atoms with Gasteiger partial charge < -0.3 is 20.3 Å². The first-order valence-electron chi connectivity index (χ1n) is 24.4. The van der Waals surface area contributed by atoms with Crippen LogP contribution in [0, 0.1) is 0 Å². The second-order valence-corrected chi connectivity index (χ2v) is 16.9. The Labute approximate surface area is 342 Å². The molecule has 0 aliphatic carbocycles. The molecule has 0 bridgehead atoms. The Hall–Kier alpha value is -1.40. The van der Waals surface area contributed by atoms with Gasteiger partial charge in [0.05, 0.1) is 25.2 Å². The van der Waals surface area contributed by atoms with Crippen LogP contribution in [0.3, 0.4) is 0 Å². The lowest BCUT2D eigenvalue weighted by molar-refractivity contribution is -0.151. The van der Waals surface area contributed by atoms with Gasteiger partial charge in [-0.3, -0.25) is 9.59 Å². The van der Waals surface area contributed by atoms with Crippen molar-refractivity contribution in [2.75, 3.05) is 6.61 Å². The minimum atomic E-state index is -0.782. The summed E-state index contributed by atoms with van der Waals surface area (Å²) in [7, 11) is 0. The van der Waals surface area contributed by atoms with Crippen molar-refractivity contribution in [3.05, 3.63) is 12.2 Å². The van der Waals surface area contributed by atoms with E-state index in [1.807, 2.05) is 0 Å². The number of hydrogen-bond acceptors (Lipinski definition) is 5. The Morgan fingerprint density at radius 1 is 0.509 bits per heavy atom. The molecule has 326 valence electrons. The number of ether oxygens (including phenoxy) is 1. The highest BCUT2D eigenvalue weighted by molar-refractivity contribution is 5.77. The highest BCUT2D eigenvalue weighted by atomic mass is 16.5. The van der Waals surface area contributed by atoms with Crippen molar-refractivity contribution < 1.29 is 24.5 Å². The summed E-state index contributed by atoms with van der Waals surface area (Å²) in [5, 5.41) is 23.6. The lowest BCUT2D eigenvalue weighted by Gasteiger charge is -2.24. The summed E-state index contributed by atoms with van der Waals surface area (Å²) in [6, 6.07) is -0.696. The molecule has 0 spiro atoms. The molecule has 0 heterocycles. The zero-order valence-electron chi connectivity index (χ0n) is 37.1. The van der Waals surface area contributed by atoms with E-state index in [-0.39, 0.29) is 24.9 Å². The number of carbonyl (C=O) groups is 2. The number of amides is 1. The summed E-state index contributed by atoms with van der Waals surface area (Å²) in [6.07, 6.45) is 47.0. The molecule has 0 radical (unpaired) electrons. The van der Waals surface area contributed by atoms with Crippen molar-refractivity contribution in [2.45, 2.75) is 283 Å². The van der Waals surface area contributed by atoms with Crippen molar-refractivity contribution in [1.82, 2.24) is 5.32 Å². The van der Waals surface area contributed by atoms with Crippen LogP contribution < -0.4 is 5.32 Å². The van der Waals surface area contributed by atoms with Crippen molar-refractivity contribution in [1.29, 1.82) is 0 Å². The normalized spacial score (nSPS) is 13.3. The third-order valence-electron chi connectivity index (χ3n) is 11.3. The molecular formula is C49H95NO5. The van der Waals surface area contributed by atoms with Crippen LogP contribution in [0.15, 0.2) is 12.2 Å². The SMILES string of the molecule is CCCCCCCCC/C=C\CCCCCC(=O)OC(CCCCCCCCCCCCCCC)CC(=O)NC(CO)C(O)CCCCCCCCCCC. The molecule has 0 saturated carbocycles. The molecule has 6 nitrogen and oxygen atoms in total. The number of rotatable bonds is 44. The topological polar surface area (TPSA) is 95.9 Å². The van der Waals surface area contributed by atoms with Crippen LogP contribution in [0.5, 0.6) is 0 Å². The zero-order valence-corrected chi connectivity index (χ0v) is 37.1. The van der Waals surface area contributed by atoms with Crippen LogP contribution in [0.25, 0.3) is 0 Å². The molecule has 0 fully saturated rings. The summed E-state index contributed by atoms with van der Waals surface area (Å²) in [4.78, 5) is 26.0. The Bertz CT molecular complexity index is 832. The van der Waals surface area contributed by atoms with Gasteiger partial charge in [0.1, 0.15) is 6.10 Å². The zero-order chi connectivity index (χ0) is 40.3. The summed E-state index contributed by atoms with van der Waals surface area (Å²) >= 11 is 0. The number of carbonyl (C=O) groups excluding carboxylic acids is 2. The molecule has 0 aromatic rings. The molecular weight excluding hydrogens is 683 g/mol. The van der Waals surface area contributed by atoms with Crippen molar-refractivity contribution in [3.63, 3.8) is 0 Å². The third-order valence-corrected chi connectivity index (χ3v) is 11.3. The van der Waals surface area contributed by atoms with E-state index >= 15 is 0 Å². The molecule has 6 heteroatoms. The van der Waals surface area contributed by atoms with Gasteiger partial charge in [-0.15, -0.1) is 0 Å². The van der Waals surface area contributed by atoms with E-state index in [0.717, 1.165) is 57.8 Å². The fraction of sp³-hybridized carbons (Fsp3) is 0.918. The van der Waals surface area contributed by atoms with Gasteiger partial charge in [0, 0.05) is 6.42 Å². The molecule has 0 aromatic heterocycles. The van der Waals surface area contributed by atoms with E-state index in [0.29, 0.717) is 19.3 Å². The lowest BCUT2D eigenvalue weighted by atomic mass is 10.0. The van der Waals surface area contributed by atoms with E-state index in [9.17, 15) is 19.8 Å². The average Bonchev–Trinajstić information content (AvgIpc) is 3.18. The van der Waals surface area contributed by atoms with Crippen LogP contribution in [0.2, 0.25) is 0 Å². The molecule has 3 N–H and O–H groups in total. The number of hydrogen-bond donors (Lipinski definition) is 3. The summed E-state index contributed by atoms with van der Waals surface area (Å²) in [6.45, 7) is 6.47. The second-order valence-electron chi connectivity index (χ2n) is 16.9. The maximum Gasteiger partial charge on any atom is 0.306 e. The van der Waals surface area contributed by atoms with Crippen molar-refractivity contribution in [3.8, 4) is 0 Å². The molecule has 0 aliphatic rings. The smallest absolute Gasteiger partial charge is 0.306 e. The maximum atomic E-state index is 13.1. The standard InChI is InChI=1S/C49H95NO5/c1-4-7-10-13-16-19-21-23-25-27-30-33-36-39-42-49(54)55-45(40-37-34-31-29-26-24-22-20-17-14-11-8-5-2)43-48(53)50-46(44-51)47(52)41-38-35-32-28-18-15-12-9-6-3/h25,27,45-47,51-52H,4-24,26,28-44H2,1-3H3,(H,50,53)/b27-25-. The molecule has 0 aromatic carbocycles. The number of allylic oxidation sites excluding steroid dienone is 2. The lowest BCUT2D eigenvalue weighted by Crippen LogP contribution is -2.46. The first-order valence-corrected chi connectivity index (χ1v) is 24.4. The van der Waals surface area contributed by atoms with Crippen molar-refractivity contribution in [2.24, 2.45) is 0 Å². The van der Waals surface area contributed by atoms with E-state index in [4.69, 9.17) is 4.74 Å². The molecule has 3 unspecified atom stereocenters. The van der Waals surface area contributed by atoms with E-state index in [1.54, 1.807) is 0 Å². The highest BCUT2D eigenvalue weighted by Gasteiger charge is 2.24. The number of aliphatic hydroxyl groups is 2. The Morgan fingerprint density at radius 2 is 0.873 bits per heavy atom. The van der Waals surface area contributed by atoms with Crippen LogP contribution in [-0.4, -0.2) is 46.9 Å². The second kappa shape index (κ2) is 43.7. The first-order chi connectivity index (χ1) is 27.0. The molecule has 0 aliphatic heterocycles. The molecule has 3 atom stereocenters. The average molecular weight is 778 g/mol. The fourth-order valence-corrected chi connectivity index (χ4v) is 7.60. The predicted molar refractivity (Wildman–Crippen MR) is 237 cm³/mol. The van der Waals surface area contributed by atoms with E-state index in [2.05, 4.69) is 38.2 Å². The highest BCUT2D eigenvalue weighted by Crippen LogP contribution is 2.18. The minimum Gasteiger partial charge on any atom is -0.462 e. The van der Waals surface area contributed by atoms with Crippen molar-refractivity contribution >= 4 is 11.9 Å². The summed E-state index contributed by atoms with van der Waals surface area (Å²) in [5.74, 6) is -0.480. The Balaban J connectivity index is 4.57. The third kappa shape index (κ3) is 39.2. The van der Waals surface area contributed by atoms with Gasteiger partial charge in [-0.2, -0.15) is 0 Å². The number of unbranched alkanes of at least 4 members (excludes halogenated alkanes) is 30. The Kier molecular flexibility index (Phi) is 42.6. The summed E-state index contributed by atoms with van der Waals surface area (Å²) in [5.41, 5.74) is 0. The number of aliphatic hydroxyl groups excluding tert-OH is 2. The fourth-order valence-electron chi connectivity index (χ4n) is 7.60. The first kappa shape index (κ1) is 53.6. The molecule has 0 saturated heterocycles. The van der Waals surface area contributed by atoms with Gasteiger partial charge in [-0.05, 0) is 51.4 Å². The van der Waals surface area contributed by atoms with Gasteiger partial charge in [0.2, 0.25) is 5.91 Å². The number of nitrogens with one attached hydrogen (secondary N) is 1. The summed E-state index contributed by atoms with van der Waals surface area (Å²) < 4.78 is 5.91. The monoisotopic (exact) mass is 778 g/mol. The van der Waals surface area contributed by atoms with E-state index < -0.39 is 18.2 Å². The molecule has 55 heavy (non-hydrogen) atoms. The Morgan fingerprint density at radius 3 is 1.29 bits per heavy atom. The van der Waals surface area contributed by atoms with Gasteiger partial charge in [0.25, 0.3) is 0 Å². The van der Waals surface area contributed by atoms with Gasteiger partial charge in [0.15, 0.2) is 0 Å².